The van der Waals surface area contributed by atoms with Gasteiger partial charge in [-0.05, 0) is 96.1 Å². The summed E-state index contributed by atoms with van der Waals surface area (Å²) in [5.41, 5.74) is 8.44. The number of allylic oxidation sites excluding steroid dienone is 2. The molecular formula is C42H30N4. The predicted octanol–water partition coefficient (Wildman–Crippen LogP) is 11.1. The van der Waals surface area contributed by atoms with Crippen LogP contribution in [0.15, 0.2) is 181 Å². The van der Waals surface area contributed by atoms with E-state index < -0.39 is 0 Å². The summed E-state index contributed by atoms with van der Waals surface area (Å²) < 4.78 is 0. The Balaban J connectivity index is 1.27. The van der Waals surface area contributed by atoms with Crippen LogP contribution >= 0.6 is 0 Å². The van der Waals surface area contributed by atoms with Gasteiger partial charge in [-0.1, -0.05) is 97.1 Å². The van der Waals surface area contributed by atoms with E-state index in [0.717, 1.165) is 45.3 Å². The Morgan fingerprint density at radius 3 is 0.826 bits per heavy atom. The van der Waals surface area contributed by atoms with Crippen molar-refractivity contribution in [2.24, 2.45) is 0 Å². The van der Waals surface area contributed by atoms with Gasteiger partial charge >= 0.3 is 0 Å². The quantitative estimate of drug-likeness (QED) is 0.124. The molecule has 46 heavy (non-hydrogen) atoms. The van der Waals surface area contributed by atoms with Gasteiger partial charge in [-0.15, -0.1) is 0 Å². The van der Waals surface area contributed by atoms with Gasteiger partial charge in [0.25, 0.3) is 0 Å². The van der Waals surface area contributed by atoms with Crippen molar-refractivity contribution in [3.63, 3.8) is 0 Å². The molecule has 0 N–H and O–H groups in total. The van der Waals surface area contributed by atoms with Crippen LogP contribution in [0, 0.1) is 22.7 Å². The highest BCUT2D eigenvalue weighted by Gasteiger charge is 2.13. The smallest absolute Gasteiger partial charge is 0.101 e. The molecule has 4 nitrogen and oxygen atoms in total. The van der Waals surface area contributed by atoms with Crippen LogP contribution in [0.1, 0.15) is 11.1 Å². The Kier molecular flexibility index (Phi) is 9.11. The number of benzene rings is 6. The molecule has 6 aromatic rings. The molecule has 6 rings (SSSR count). The first-order chi connectivity index (χ1) is 22.7. The molecule has 0 radical (unpaired) electrons. The van der Waals surface area contributed by atoms with E-state index in [-0.39, 0.29) is 0 Å². The summed E-state index contributed by atoms with van der Waals surface area (Å²) in [6, 6.07) is 61.2. The highest BCUT2D eigenvalue weighted by Crippen LogP contribution is 2.36. The van der Waals surface area contributed by atoms with Crippen LogP contribution < -0.4 is 9.80 Å². The fraction of sp³-hybridized carbons (Fsp3) is 0. The maximum atomic E-state index is 10.1. The molecule has 0 saturated carbocycles. The monoisotopic (exact) mass is 590 g/mol. The number of hydrogen-bond acceptors (Lipinski definition) is 4. The van der Waals surface area contributed by atoms with Gasteiger partial charge in [0.1, 0.15) is 12.1 Å². The van der Waals surface area contributed by atoms with E-state index in [2.05, 4.69) is 70.5 Å². The van der Waals surface area contributed by atoms with Gasteiger partial charge in [0.05, 0.1) is 11.1 Å². The zero-order chi connectivity index (χ0) is 31.6. The highest BCUT2D eigenvalue weighted by molar-refractivity contribution is 5.80. The SMILES string of the molecule is N#CC(=C/c1ccc(N(c2ccccc2)c2ccccc2)cc1)/C(C#N)=C\c1ccc(N(c2ccccc2)c2ccccc2)cc1. The van der Waals surface area contributed by atoms with Crippen LogP contribution in [0.4, 0.5) is 34.1 Å². The van der Waals surface area contributed by atoms with Crippen molar-refractivity contribution in [1.29, 1.82) is 10.5 Å². The first-order valence-corrected chi connectivity index (χ1v) is 15.0. The van der Waals surface area contributed by atoms with Crippen molar-refractivity contribution in [1.82, 2.24) is 0 Å². The Morgan fingerprint density at radius 2 is 0.587 bits per heavy atom. The minimum absolute atomic E-state index is 0.303. The zero-order valence-corrected chi connectivity index (χ0v) is 25.1. The number of rotatable bonds is 9. The van der Waals surface area contributed by atoms with Crippen molar-refractivity contribution in [3.8, 4) is 12.1 Å². The fourth-order valence-corrected chi connectivity index (χ4v) is 5.32. The van der Waals surface area contributed by atoms with Gasteiger partial charge in [0, 0.05) is 34.1 Å². The van der Waals surface area contributed by atoms with Gasteiger partial charge in [0.2, 0.25) is 0 Å². The topological polar surface area (TPSA) is 54.1 Å². The molecule has 0 saturated heterocycles. The molecule has 0 unspecified atom stereocenters. The summed E-state index contributed by atoms with van der Waals surface area (Å²) in [6.45, 7) is 0. The van der Waals surface area contributed by atoms with E-state index in [4.69, 9.17) is 0 Å². The second-order valence-electron chi connectivity index (χ2n) is 10.5. The Labute approximate surface area is 270 Å². The molecular weight excluding hydrogens is 560 g/mol. The Bertz CT molecular complexity index is 1790. The molecule has 0 aromatic heterocycles. The van der Waals surface area contributed by atoms with Crippen LogP contribution in [0.3, 0.4) is 0 Å². The van der Waals surface area contributed by atoms with Crippen molar-refractivity contribution >= 4 is 46.3 Å². The molecule has 0 amide bonds. The summed E-state index contributed by atoms with van der Waals surface area (Å²) in [5, 5.41) is 20.1. The third-order valence-electron chi connectivity index (χ3n) is 7.51. The van der Waals surface area contributed by atoms with Crippen LogP contribution in [0.2, 0.25) is 0 Å². The molecule has 0 bridgehead atoms. The standard InChI is InChI=1S/C42H30N4/c43-31-35(29-33-21-25-41(26-22-33)45(37-13-5-1-6-14-37)38-15-7-2-8-16-38)36(32-44)30-34-23-27-42(28-24-34)46(39-17-9-3-10-18-39)40-19-11-4-12-20-40/h1-30H/b35-29-,36-30-. The van der Waals surface area contributed by atoms with Crippen molar-refractivity contribution in [2.75, 3.05) is 9.80 Å². The minimum Gasteiger partial charge on any atom is -0.311 e. The van der Waals surface area contributed by atoms with Crippen LogP contribution in [-0.2, 0) is 0 Å². The van der Waals surface area contributed by atoms with Gasteiger partial charge in [-0.25, -0.2) is 0 Å². The summed E-state index contributed by atoms with van der Waals surface area (Å²) in [5.74, 6) is 0. The average molecular weight is 591 g/mol. The lowest BCUT2D eigenvalue weighted by molar-refractivity contribution is 1.28. The van der Waals surface area contributed by atoms with E-state index in [9.17, 15) is 10.5 Å². The van der Waals surface area contributed by atoms with Gasteiger partial charge in [-0.2, -0.15) is 10.5 Å². The van der Waals surface area contributed by atoms with E-state index in [1.165, 1.54) is 0 Å². The predicted molar refractivity (Wildman–Crippen MR) is 189 cm³/mol. The Hall–Kier alpha value is -6.62. The van der Waals surface area contributed by atoms with Crippen molar-refractivity contribution in [2.45, 2.75) is 0 Å². The van der Waals surface area contributed by atoms with Crippen LogP contribution in [0.25, 0.3) is 12.2 Å². The Morgan fingerprint density at radius 1 is 0.348 bits per heavy atom. The molecule has 0 spiro atoms. The second-order valence-corrected chi connectivity index (χ2v) is 10.5. The first-order valence-electron chi connectivity index (χ1n) is 15.0. The number of hydrogen-bond donors (Lipinski definition) is 0. The molecule has 0 heterocycles. The molecule has 0 aliphatic carbocycles. The summed E-state index contributed by atoms with van der Waals surface area (Å²) in [4.78, 5) is 4.36. The van der Waals surface area contributed by atoms with Gasteiger partial charge in [0.15, 0.2) is 0 Å². The molecule has 0 fully saturated rings. The highest BCUT2D eigenvalue weighted by atomic mass is 15.1. The number of para-hydroxylation sites is 4. The van der Waals surface area contributed by atoms with Gasteiger partial charge < -0.3 is 9.80 Å². The summed E-state index contributed by atoms with van der Waals surface area (Å²) >= 11 is 0. The number of nitrogens with zero attached hydrogens (tertiary/aromatic N) is 4. The fourth-order valence-electron chi connectivity index (χ4n) is 5.32. The largest absolute Gasteiger partial charge is 0.311 e. The van der Waals surface area contributed by atoms with Gasteiger partial charge in [-0.3, -0.25) is 0 Å². The first kappa shape index (κ1) is 29.5. The normalized spacial score (nSPS) is 11.3. The lowest BCUT2D eigenvalue weighted by atomic mass is 10.0. The zero-order valence-electron chi connectivity index (χ0n) is 25.1. The van der Waals surface area contributed by atoms with E-state index in [0.29, 0.717) is 11.1 Å². The van der Waals surface area contributed by atoms with Crippen LogP contribution in [-0.4, -0.2) is 0 Å². The summed E-state index contributed by atoms with van der Waals surface area (Å²) in [6.07, 6.45) is 3.52. The lowest BCUT2D eigenvalue weighted by Gasteiger charge is -2.25. The molecule has 0 aliphatic heterocycles. The third-order valence-corrected chi connectivity index (χ3v) is 7.51. The molecule has 0 atom stereocenters. The second kappa shape index (κ2) is 14.2. The maximum Gasteiger partial charge on any atom is 0.101 e. The van der Waals surface area contributed by atoms with E-state index in [1.807, 2.05) is 121 Å². The van der Waals surface area contributed by atoms with E-state index >= 15 is 0 Å². The molecule has 0 aliphatic rings. The molecule has 4 heteroatoms. The molecule has 6 aromatic carbocycles. The van der Waals surface area contributed by atoms with E-state index in [1.54, 1.807) is 12.2 Å². The van der Waals surface area contributed by atoms with Crippen molar-refractivity contribution < 1.29 is 0 Å². The number of nitriles is 2. The van der Waals surface area contributed by atoms with Crippen molar-refractivity contribution in [3.05, 3.63) is 192 Å². The number of anilines is 6. The summed E-state index contributed by atoms with van der Waals surface area (Å²) in [7, 11) is 0. The molecule has 218 valence electrons. The third kappa shape index (κ3) is 6.79. The average Bonchev–Trinajstić information content (AvgIpc) is 3.13. The van der Waals surface area contributed by atoms with Crippen LogP contribution in [0.5, 0.6) is 0 Å². The lowest BCUT2D eigenvalue weighted by Crippen LogP contribution is -2.09. The minimum atomic E-state index is 0.303. The maximum absolute atomic E-state index is 10.1.